The Labute approximate surface area is 155 Å². The van der Waals surface area contributed by atoms with E-state index in [0.717, 1.165) is 17.4 Å². The lowest BCUT2D eigenvalue weighted by atomic mass is 10.0. The van der Waals surface area contributed by atoms with Crippen LogP contribution in [0.5, 0.6) is 0 Å². The number of hydrogen-bond acceptors (Lipinski definition) is 6. The maximum Gasteiger partial charge on any atom is 0.230 e. The van der Waals surface area contributed by atoms with Crippen LogP contribution in [0.2, 0.25) is 0 Å². The monoisotopic (exact) mass is 374 g/mol. The van der Waals surface area contributed by atoms with Crippen molar-refractivity contribution in [3.63, 3.8) is 0 Å². The number of carbonyl (C=O) groups excluding carboxylic acids is 2. The number of rotatable bonds is 5. The molecule has 7 heteroatoms. The normalized spacial score (nSPS) is 25.9. The second-order valence-electron chi connectivity index (χ2n) is 6.80. The van der Waals surface area contributed by atoms with E-state index in [4.69, 9.17) is 4.42 Å². The van der Waals surface area contributed by atoms with Crippen LogP contribution in [0.25, 0.3) is 11.0 Å². The van der Waals surface area contributed by atoms with Crippen molar-refractivity contribution in [2.24, 2.45) is 0 Å². The summed E-state index contributed by atoms with van der Waals surface area (Å²) in [7, 11) is 0. The molecule has 4 rings (SSSR count). The highest BCUT2D eigenvalue weighted by Crippen LogP contribution is 2.29. The average molecular weight is 374 g/mol. The Kier molecular flexibility index (Phi) is 5.02. The molecule has 3 heterocycles. The van der Waals surface area contributed by atoms with Gasteiger partial charge in [-0.3, -0.25) is 9.59 Å². The number of ketones is 1. The van der Waals surface area contributed by atoms with Crippen molar-refractivity contribution < 1.29 is 19.1 Å². The van der Waals surface area contributed by atoms with E-state index >= 15 is 0 Å². The molecule has 2 saturated heterocycles. The number of aliphatic hydroxyl groups excluding tert-OH is 1. The minimum atomic E-state index is -0.390. The van der Waals surface area contributed by atoms with Crippen LogP contribution in [-0.2, 0) is 16.0 Å². The molecule has 0 bridgehead atoms. The fourth-order valence-corrected chi connectivity index (χ4v) is 5.06. The Bertz CT molecular complexity index is 788. The summed E-state index contributed by atoms with van der Waals surface area (Å²) in [5.41, 5.74) is 0.767. The zero-order valence-electron chi connectivity index (χ0n) is 14.4. The molecule has 1 amide bonds. The van der Waals surface area contributed by atoms with E-state index in [-0.39, 0.29) is 36.0 Å². The number of amides is 1. The first-order chi connectivity index (χ1) is 12.7. The van der Waals surface area contributed by atoms with Gasteiger partial charge in [-0.25, -0.2) is 0 Å². The van der Waals surface area contributed by atoms with E-state index in [9.17, 15) is 14.7 Å². The van der Waals surface area contributed by atoms with Crippen molar-refractivity contribution in [1.82, 2.24) is 10.2 Å². The minimum Gasteiger partial charge on any atom is -0.461 e. The number of nitrogens with zero attached hydrogens (tertiary/aromatic N) is 1. The summed E-state index contributed by atoms with van der Waals surface area (Å²) in [6, 6.07) is 8.94. The quantitative estimate of drug-likeness (QED) is 0.827. The van der Waals surface area contributed by atoms with Gasteiger partial charge >= 0.3 is 0 Å². The molecule has 0 saturated carbocycles. The molecule has 0 radical (unpaired) electrons. The first kappa shape index (κ1) is 17.6. The topological polar surface area (TPSA) is 82.8 Å². The molecule has 2 aliphatic heterocycles. The number of aliphatic hydroxyl groups is 1. The number of nitrogens with one attached hydrogen (secondary N) is 1. The van der Waals surface area contributed by atoms with Crippen LogP contribution < -0.4 is 5.32 Å². The highest BCUT2D eigenvalue weighted by Gasteiger charge is 2.42. The lowest BCUT2D eigenvalue weighted by Gasteiger charge is -2.27. The van der Waals surface area contributed by atoms with Crippen LogP contribution >= 0.6 is 11.8 Å². The van der Waals surface area contributed by atoms with Gasteiger partial charge in [0, 0.05) is 23.8 Å². The number of Topliss-reactive ketones (excluding diaryl/α,β-unsaturated/α-hetero) is 1. The van der Waals surface area contributed by atoms with Crippen molar-refractivity contribution >= 4 is 34.4 Å². The molecule has 1 aromatic carbocycles. The van der Waals surface area contributed by atoms with Gasteiger partial charge in [0.15, 0.2) is 5.78 Å². The van der Waals surface area contributed by atoms with Crippen molar-refractivity contribution in [2.45, 2.75) is 36.6 Å². The Hall–Kier alpha value is -1.83. The third-order valence-electron chi connectivity index (χ3n) is 5.15. The smallest absolute Gasteiger partial charge is 0.230 e. The Balaban J connectivity index is 1.47. The summed E-state index contributed by atoms with van der Waals surface area (Å²) in [4.78, 5) is 27.4. The molecule has 0 spiro atoms. The highest BCUT2D eigenvalue weighted by atomic mass is 32.2. The maximum absolute atomic E-state index is 12.9. The molecule has 2 aliphatic rings. The number of thioether (sulfide) groups is 1. The fourth-order valence-electron chi connectivity index (χ4n) is 3.83. The Morgan fingerprint density at radius 2 is 2.19 bits per heavy atom. The summed E-state index contributed by atoms with van der Waals surface area (Å²) >= 11 is 1.51. The van der Waals surface area contributed by atoms with Crippen LogP contribution in [0.3, 0.4) is 0 Å². The highest BCUT2D eigenvalue weighted by molar-refractivity contribution is 8.00. The van der Waals surface area contributed by atoms with Gasteiger partial charge in [-0.05, 0) is 25.0 Å². The van der Waals surface area contributed by atoms with E-state index in [1.54, 1.807) is 4.90 Å². The molecule has 138 valence electrons. The van der Waals surface area contributed by atoms with Crippen molar-refractivity contribution in [3.8, 4) is 0 Å². The number of benzene rings is 1. The molecular weight excluding hydrogens is 352 g/mol. The number of fused-ring (bicyclic) bond motifs is 1. The third kappa shape index (κ3) is 3.26. The van der Waals surface area contributed by atoms with Crippen molar-refractivity contribution in [3.05, 3.63) is 36.1 Å². The van der Waals surface area contributed by atoms with Gasteiger partial charge in [-0.1, -0.05) is 18.2 Å². The van der Waals surface area contributed by atoms with Crippen LogP contribution in [0.4, 0.5) is 0 Å². The third-order valence-corrected chi connectivity index (χ3v) is 6.41. The molecule has 3 atom stereocenters. The molecule has 2 aromatic rings. The number of hydrogen-bond donors (Lipinski definition) is 2. The predicted molar refractivity (Wildman–Crippen MR) is 99.9 cm³/mol. The number of para-hydroxylation sites is 1. The SMILES string of the molecule is O=C(C1SCN[C@@H]1CO)[C@@H]1CCCN1C(=O)Cc1cc2ccccc2o1. The van der Waals surface area contributed by atoms with Gasteiger partial charge < -0.3 is 19.7 Å². The van der Waals surface area contributed by atoms with Gasteiger partial charge in [0.1, 0.15) is 11.3 Å². The molecule has 26 heavy (non-hydrogen) atoms. The van der Waals surface area contributed by atoms with Gasteiger partial charge in [0.25, 0.3) is 0 Å². The summed E-state index contributed by atoms with van der Waals surface area (Å²) in [6.45, 7) is 0.535. The standard InChI is InChI=1S/C19H22N2O4S/c22-10-14-19(26-11-20-14)18(24)15-5-3-7-21(15)17(23)9-13-8-12-4-1-2-6-16(12)25-13/h1-2,4,6,8,14-15,19-20,22H,3,5,7,9-11H2/t14-,15+,19?/m1/s1. The maximum atomic E-state index is 12.9. The number of likely N-dealkylation sites (tertiary alicyclic amines) is 1. The Morgan fingerprint density at radius 1 is 1.35 bits per heavy atom. The average Bonchev–Trinajstić information content (AvgIpc) is 3.38. The number of furan rings is 1. The first-order valence-corrected chi connectivity index (χ1v) is 9.99. The summed E-state index contributed by atoms with van der Waals surface area (Å²) in [5, 5.41) is 13.3. The van der Waals surface area contributed by atoms with Gasteiger partial charge in [0.2, 0.25) is 5.91 Å². The molecule has 2 fully saturated rings. The summed E-state index contributed by atoms with van der Waals surface area (Å²) < 4.78 is 5.75. The fraction of sp³-hybridized carbons (Fsp3) is 0.474. The van der Waals surface area contributed by atoms with E-state index in [1.165, 1.54) is 11.8 Å². The first-order valence-electron chi connectivity index (χ1n) is 8.94. The largest absolute Gasteiger partial charge is 0.461 e. The van der Waals surface area contributed by atoms with E-state index in [2.05, 4.69) is 5.32 Å². The van der Waals surface area contributed by atoms with Gasteiger partial charge in [0.05, 0.1) is 24.3 Å². The zero-order chi connectivity index (χ0) is 18.1. The molecular formula is C19H22N2O4S. The van der Waals surface area contributed by atoms with E-state index < -0.39 is 6.04 Å². The molecule has 1 aromatic heterocycles. The van der Waals surface area contributed by atoms with Crippen molar-refractivity contribution in [1.29, 1.82) is 0 Å². The van der Waals surface area contributed by atoms with Crippen LogP contribution in [0, 0.1) is 0 Å². The van der Waals surface area contributed by atoms with Crippen LogP contribution in [-0.4, -0.2) is 58.1 Å². The summed E-state index contributed by atoms with van der Waals surface area (Å²) in [5.74, 6) is 1.26. The Morgan fingerprint density at radius 3 is 3.00 bits per heavy atom. The number of carbonyl (C=O) groups is 2. The molecule has 2 N–H and O–H groups in total. The van der Waals surface area contributed by atoms with Crippen LogP contribution in [0.1, 0.15) is 18.6 Å². The minimum absolute atomic E-state index is 0.0505. The van der Waals surface area contributed by atoms with Gasteiger partial charge in [-0.15, -0.1) is 11.8 Å². The lowest BCUT2D eigenvalue weighted by Crippen LogP contribution is -2.48. The van der Waals surface area contributed by atoms with Gasteiger partial charge in [-0.2, -0.15) is 0 Å². The lowest BCUT2D eigenvalue weighted by molar-refractivity contribution is -0.137. The second-order valence-corrected chi connectivity index (χ2v) is 7.93. The van der Waals surface area contributed by atoms with E-state index in [1.807, 2.05) is 30.3 Å². The summed E-state index contributed by atoms with van der Waals surface area (Å²) in [6.07, 6.45) is 1.69. The second kappa shape index (κ2) is 7.42. The predicted octanol–water partition coefficient (Wildman–Crippen LogP) is 1.56. The van der Waals surface area contributed by atoms with E-state index in [0.29, 0.717) is 24.6 Å². The molecule has 1 unspecified atom stereocenters. The molecule has 0 aliphatic carbocycles. The molecule has 6 nitrogen and oxygen atoms in total. The van der Waals surface area contributed by atoms with Crippen LogP contribution in [0.15, 0.2) is 34.7 Å². The zero-order valence-corrected chi connectivity index (χ0v) is 15.2. The van der Waals surface area contributed by atoms with Crippen molar-refractivity contribution in [2.75, 3.05) is 19.0 Å².